The molecule has 2 aromatic carbocycles. The lowest BCUT2D eigenvalue weighted by Crippen LogP contribution is -2.30. The third-order valence-electron chi connectivity index (χ3n) is 3.24. The van der Waals surface area contributed by atoms with Crippen LogP contribution in [0.4, 0.5) is 15.8 Å². The van der Waals surface area contributed by atoms with Crippen LogP contribution in [0.25, 0.3) is 0 Å². The van der Waals surface area contributed by atoms with Crippen LogP contribution in [0.2, 0.25) is 0 Å². The van der Waals surface area contributed by atoms with Crippen molar-refractivity contribution in [1.29, 1.82) is 0 Å². The topological polar surface area (TPSA) is 67.4 Å². The normalized spacial score (nSPS) is 11.5. The Bertz CT molecular complexity index is 744. The summed E-state index contributed by atoms with van der Waals surface area (Å²) in [5.74, 6) is -0.647. The van der Waals surface area contributed by atoms with E-state index in [2.05, 4.69) is 10.6 Å². The Labute approximate surface area is 139 Å². The number of ether oxygens (including phenoxy) is 1. The van der Waals surface area contributed by atoms with Gasteiger partial charge in [0.2, 0.25) is 5.91 Å². The number of carbonyl (C=O) groups is 2. The number of benzene rings is 2. The van der Waals surface area contributed by atoms with E-state index in [4.69, 9.17) is 4.74 Å². The number of carbonyl (C=O) groups excluding carboxylic acids is 2. The van der Waals surface area contributed by atoms with Gasteiger partial charge in [0.05, 0.1) is 5.69 Å². The van der Waals surface area contributed by atoms with Crippen LogP contribution in [-0.4, -0.2) is 17.9 Å². The van der Waals surface area contributed by atoms with E-state index < -0.39 is 17.8 Å². The van der Waals surface area contributed by atoms with E-state index in [0.717, 1.165) is 5.56 Å². The highest BCUT2D eigenvalue weighted by atomic mass is 19.1. The zero-order valence-corrected chi connectivity index (χ0v) is 13.7. The molecule has 0 aliphatic heterocycles. The minimum atomic E-state index is -0.808. The second kappa shape index (κ2) is 7.59. The fourth-order valence-corrected chi connectivity index (χ4v) is 2.03. The molecule has 0 radical (unpaired) electrons. The second-order valence-corrected chi connectivity index (χ2v) is 5.44. The molecule has 0 aliphatic carbocycles. The SMILES string of the molecule is CC(=O)Nc1ccc(OC(C)C(=O)Nc2ccc(C)cc2F)cc1. The van der Waals surface area contributed by atoms with E-state index in [1.807, 2.05) is 0 Å². The Balaban J connectivity index is 1.97. The van der Waals surface area contributed by atoms with Crippen LogP contribution < -0.4 is 15.4 Å². The quantitative estimate of drug-likeness (QED) is 0.882. The molecule has 24 heavy (non-hydrogen) atoms. The first-order valence-electron chi connectivity index (χ1n) is 7.46. The molecule has 5 nitrogen and oxygen atoms in total. The van der Waals surface area contributed by atoms with Gasteiger partial charge in [-0.3, -0.25) is 9.59 Å². The van der Waals surface area contributed by atoms with Gasteiger partial charge >= 0.3 is 0 Å². The number of anilines is 2. The molecule has 2 rings (SSSR count). The van der Waals surface area contributed by atoms with Crippen molar-refractivity contribution < 1.29 is 18.7 Å². The lowest BCUT2D eigenvalue weighted by atomic mass is 10.2. The minimum Gasteiger partial charge on any atom is -0.481 e. The summed E-state index contributed by atoms with van der Waals surface area (Å²) in [4.78, 5) is 23.1. The Morgan fingerprint density at radius 3 is 2.33 bits per heavy atom. The van der Waals surface area contributed by atoms with Crippen molar-refractivity contribution in [2.45, 2.75) is 26.9 Å². The van der Waals surface area contributed by atoms with Gasteiger partial charge in [0, 0.05) is 12.6 Å². The summed E-state index contributed by atoms with van der Waals surface area (Å²) >= 11 is 0. The summed E-state index contributed by atoms with van der Waals surface area (Å²) in [7, 11) is 0. The standard InChI is InChI=1S/C18H19FN2O3/c1-11-4-9-17(16(19)10-11)21-18(23)12(2)24-15-7-5-14(6-8-15)20-13(3)22/h4-10,12H,1-3H3,(H,20,22)(H,21,23). The van der Waals surface area contributed by atoms with Gasteiger partial charge in [-0.1, -0.05) is 6.07 Å². The van der Waals surface area contributed by atoms with Gasteiger partial charge in [-0.05, 0) is 55.8 Å². The van der Waals surface area contributed by atoms with E-state index in [1.54, 1.807) is 44.2 Å². The molecule has 2 amide bonds. The molecule has 1 unspecified atom stereocenters. The molecule has 0 saturated carbocycles. The number of hydrogen-bond donors (Lipinski definition) is 2. The number of halogens is 1. The Morgan fingerprint density at radius 1 is 1.08 bits per heavy atom. The number of rotatable bonds is 5. The monoisotopic (exact) mass is 330 g/mol. The molecule has 0 spiro atoms. The lowest BCUT2D eigenvalue weighted by molar-refractivity contribution is -0.122. The molecule has 6 heteroatoms. The number of nitrogens with one attached hydrogen (secondary N) is 2. The van der Waals surface area contributed by atoms with E-state index in [1.165, 1.54) is 19.1 Å². The number of amides is 2. The Morgan fingerprint density at radius 2 is 1.75 bits per heavy atom. The van der Waals surface area contributed by atoms with E-state index in [0.29, 0.717) is 11.4 Å². The summed E-state index contributed by atoms with van der Waals surface area (Å²) in [6.07, 6.45) is -0.808. The molecule has 0 aliphatic rings. The molecular weight excluding hydrogens is 311 g/mol. The molecule has 1 atom stereocenters. The summed E-state index contributed by atoms with van der Waals surface area (Å²) in [6.45, 7) is 4.76. The van der Waals surface area contributed by atoms with Gasteiger partial charge in [-0.25, -0.2) is 4.39 Å². The average molecular weight is 330 g/mol. The third-order valence-corrected chi connectivity index (χ3v) is 3.24. The van der Waals surface area contributed by atoms with Crippen LogP contribution in [0.5, 0.6) is 5.75 Å². The first-order valence-corrected chi connectivity index (χ1v) is 7.46. The Hall–Kier alpha value is -2.89. The van der Waals surface area contributed by atoms with Gasteiger partial charge in [-0.15, -0.1) is 0 Å². The second-order valence-electron chi connectivity index (χ2n) is 5.44. The summed E-state index contributed by atoms with van der Waals surface area (Å²) in [6, 6.07) is 11.2. The summed E-state index contributed by atoms with van der Waals surface area (Å²) in [5.41, 5.74) is 1.52. The van der Waals surface area contributed by atoms with Crippen molar-refractivity contribution in [3.05, 3.63) is 53.8 Å². The number of hydrogen-bond acceptors (Lipinski definition) is 3. The minimum absolute atomic E-state index is 0.113. The van der Waals surface area contributed by atoms with Crippen molar-refractivity contribution in [3.8, 4) is 5.75 Å². The molecule has 2 aromatic rings. The van der Waals surface area contributed by atoms with Crippen molar-refractivity contribution >= 4 is 23.2 Å². The van der Waals surface area contributed by atoms with Gasteiger partial charge in [0.15, 0.2) is 6.10 Å². The molecule has 0 saturated heterocycles. The largest absolute Gasteiger partial charge is 0.481 e. The smallest absolute Gasteiger partial charge is 0.265 e. The van der Waals surface area contributed by atoms with Gasteiger partial charge in [0.25, 0.3) is 5.91 Å². The maximum absolute atomic E-state index is 13.8. The van der Waals surface area contributed by atoms with Crippen LogP contribution in [0.15, 0.2) is 42.5 Å². The predicted molar refractivity (Wildman–Crippen MR) is 90.6 cm³/mol. The van der Waals surface area contributed by atoms with E-state index in [9.17, 15) is 14.0 Å². The third kappa shape index (κ3) is 4.81. The van der Waals surface area contributed by atoms with Crippen LogP contribution in [-0.2, 0) is 9.59 Å². The highest BCUT2D eigenvalue weighted by molar-refractivity contribution is 5.94. The fourth-order valence-electron chi connectivity index (χ4n) is 2.03. The van der Waals surface area contributed by atoms with Gasteiger partial charge < -0.3 is 15.4 Å². The molecule has 0 aromatic heterocycles. The van der Waals surface area contributed by atoms with Crippen molar-refractivity contribution in [3.63, 3.8) is 0 Å². The first kappa shape index (κ1) is 17.5. The van der Waals surface area contributed by atoms with E-state index >= 15 is 0 Å². The molecule has 0 fully saturated rings. The van der Waals surface area contributed by atoms with Crippen molar-refractivity contribution in [2.24, 2.45) is 0 Å². The van der Waals surface area contributed by atoms with Crippen LogP contribution in [0.3, 0.4) is 0 Å². The zero-order valence-electron chi connectivity index (χ0n) is 13.7. The average Bonchev–Trinajstić information content (AvgIpc) is 2.51. The van der Waals surface area contributed by atoms with Crippen LogP contribution in [0.1, 0.15) is 19.4 Å². The maximum Gasteiger partial charge on any atom is 0.265 e. The fraction of sp³-hybridized carbons (Fsp3) is 0.222. The molecule has 0 heterocycles. The van der Waals surface area contributed by atoms with Crippen molar-refractivity contribution in [1.82, 2.24) is 0 Å². The van der Waals surface area contributed by atoms with E-state index in [-0.39, 0.29) is 11.6 Å². The summed E-state index contributed by atoms with van der Waals surface area (Å²) < 4.78 is 19.3. The van der Waals surface area contributed by atoms with Crippen molar-refractivity contribution in [2.75, 3.05) is 10.6 Å². The Kier molecular flexibility index (Phi) is 5.52. The molecule has 126 valence electrons. The predicted octanol–water partition coefficient (Wildman–Crippen LogP) is 3.50. The molecular formula is C18H19FN2O3. The molecule has 0 bridgehead atoms. The molecule has 2 N–H and O–H groups in total. The highest BCUT2D eigenvalue weighted by Gasteiger charge is 2.16. The van der Waals surface area contributed by atoms with Gasteiger partial charge in [0.1, 0.15) is 11.6 Å². The maximum atomic E-state index is 13.8. The highest BCUT2D eigenvalue weighted by Crippen LogP contribution is 2.19. The van der Waals surface area contributed by atoms with Crippen LogP contribution in [0, 0.1) is 12.7 Å². The van der Waals surface area contributed by atoms with Gasteiger partial charge in [-0.2, -0.15) is 0 Å². The summed E-state index contributed by atoms with van der Waals surface area (Å²) in [5, 5.41) is 5.14. The number of aryl methyl sites for hydroxylation is 1. The lowest BCUT2D eigenvalue weighted by Gasteiger charge is -2.15. The zero-order chi connectivity index (χ0) is 17.7. The van der Waals surface area contributed by atoms with Crippen LogP contribution >= 0.6 is 0 Å². The first-order chi connectivity index (χ1) is 11.3.